The highest BCUT2D eigenvalue weighted by Gasteiger charge is 2.38. The van der Waals surface area contributed by atoms with Crippen LogP contribution in [-0.2, 0) is 19.6 Å². The van der Waals surface area contributed by atoms with E-state index in [1.54, 1.807) is 41.5 Å². The molecule has 0 aliphatic carbocycles. The van der Waals surface area contributed by atoms with Crippen LogP contribution in [0.4, 0.5) is 0 Å². The van der Waals surface area contributed by atoms with E-state index in [1.165, 1.54) is 10.4 Å². The van der Waals surface area contributed by atoms with E-state index in [0.717, 1.165) is 11.3 Å². The summed E-state index contributed by atoms with van der Waals surface area (Å²) in [6, 6.07) is 1.53. The summed E-state index contributed by atoms with van der Waals surface area (Å²) in [6.07, 6.45) is 0. The highest BCUT2D eigenvalue weighted by molar-refractivity contribution is 9.13. The molecule has 132 valence electrons. The first-order chi connectivity index (χ1) is 10.1. The van der Waals surface area contributed by atoms with Gasteiger partial charge in [-0.15, -0.1) is 11.3 Å². The van der Waals surface area contributed by atoms with Crippen molar-refractivity contribution in [1.82, 2.24) is 4.31 Å². The molecule has 0 unspecified atom stereocenters. The first-order valence-electron chi connectivity index (χ1n) is 6.84. The quantitative estimate of drug-likeness (QED) is 0.586. The molecular formula is C14H21Br2NO4S2. The van der Waals surface area contributed by atoms with E-state index in [1.807, 2.05) is 0 Å². The standard InChI is InChI=1S/C14H21Br2NO4S2/c1-13(2,3)17(8-10(18)21-14(4,5)6)23(19,20)11-7-9(15)12(16)22-11/h7H,8H2,1-6H3. The Balaban J connectivity index is 3.19. The summed E-state index contributed by atoms with van der Waals surface area (Å²) in [6.45, 7) is 10.1. The van der Waals surface area contributed by atoms with E-state index in [-0.39, 0.29) is 10.8 Å². The lowest BCUT2D eigenvalue weighted by molar-refractivity contribution is -0.155. The summed E-state index contributed by atoms with van der Waals surface area (Å²) < 4.78 is 33.8. The second kappa shape index (κ2) is 7.11. The third-order valence-corrected chi connectivity index (χ3v) is 8.42. The molecule has 0 spiro atoms. The Morgan fingerprint density at radius 1 is 1.22 bits per heavy atom. The van der Waals surface area contributed by atoms with E-state index < -0.39 is 27.1 Å². The van der Waals surface area contributed by atoms with Gasteiger partial charge in [0.05, 0.1) is 3.79 Å². The average Bonchev–Trinajstić information content (AvgIpc) is 2.63. The monoisotopic (exact) mass is 489 g/mol. The van der Waals surface area contributed by atoms with Crippen LogP contribution in [0.25, 0.3) is 0 Å². The van der Waals surface area contributed by atoms with Gasteiger partial charge in [-0.1, -0.05) is 0 Å². The molecule has 23 heavy (non-hydrogen) atoms. The van der Waals surface area contributed by atoms with Crippen LogP contribution in [0.5, 0.6) is 0 Å². The van der Waals surface area contributed by atoms with Crippen molar-refractivity contribution >= 4 is 59.2 Å². The molecule has 0 aromatic carbocycles. The van der Waals surface area contributed by atoms with Gasteiger partial charge in [-0.05, 0) is 79.5 Å². The first kappa shape index (κ1) is 21.1. The summed E-state index contributed by atoms with van der Waals surface area (Å²) in [5, 5.41) is 0. The molecule has 0 bridgehead atoms. The Morgan fingerprint density at radius 3 is 2.09 bits per heavy atom. The number of halogens is 2. The zero-order valence-corrected chi connectivity index (χ0v) is 18.7. The number of carbonyl (C=O) groups is 1. The van der Waals surface area contributed by atoms with Gasteiger partial charge in [-0.25, -0.2) is 8.42 Å². The van der Waals surface area contributed by atoms with Crippen molar-refractivity contribution in [1.29, 1.82) is 0 Å². The number of esters is 1. The molecule has 0 aliphatic heterocycles. The fourth-order valence-corrected chi connectivity index (χ4v) is 6.40. The summed E-state index contributed by atoms with van der Waals surface area (Å²) in [7, 11) is -3.82. The maximum Gasteiger partial charge on any atom is 0.321 e. The van der Waals surface area contributed by atoms with Crippen LogP contribution in [0.3, 0.4) is 0 Å². The van der Waals surface area contributed by atoms with Gasteiger partial charge in [0, 0.05) is 10.0 Å². The van der Waals surface area contributed by atoms with Gasteiger partial charge in [0.15, 0.2) is 0 Å². The fourth-order valence-electron chi connectivity index (χ4n) is 1.74. The van der Waals surface area contributed by atoms with Crippen molar-refractivity contribution in [2.45, 2.75) is 56.9 Å². The minimum Gasteiger partial charge on any atom is -0.459 e. The lowest BCUT2D eigenvalue weighted by atomic mass is 10.1. The average molecular weight is 491 g/mol. The van der Waals surface area contributed by atoms with Crippen molar-refractivity contribution in [3.05, 3.63) is 14.3 Å². The van der Waals surface area contributed by atoms with Gasteiger partial charge in [0.1, 0.15) is 16.4 Å². The molecule has 0 saturated carbocycles. The zero-order valence-electron chi connectivity index (χ0n) is 13.9. The van der Waals surface area contributed by atoms with E-state index in [2.05, 4.69) is 31.9 Å². The molecule has 0 aliphatic rings. The maximum atomic E-state index is 12.9. The molecule has 1 aromatic rings. The number of ether oxygens (including phenoxy) is 1. The molecule has 0 radical (unpaired) electrons. The van der Waals surface area contributed by atoms with Crippen molar-refractivity contribution in [2.75, 3.05) is 6.54 Å². The van der Waals surface area contributed by atoms with Crippen molar-refractivity contribution in [3.8, 4) is 0 Å². The molecule has 5 nitrogen and oxygen atoms in total. The second-order valence-corrected chi connectivity index (χ2v) is 12.3. The molecule has 0 atom stereocenters. The molecule has 9 heteroatoms. The Kier molecular flexibility index (Phi) is 6.52. The van der Waals surface area contributed by atoms with E-state index in [0.29, 0.717) is 8.26 Å². The van der Waals surface area contributed by atoms with Gasteiger partial charge in [0.25, 0.3) is 10.0 Å². The van der Waals surface area contributed by atoms with Gasteiger partial charge < -0.3 is 4.74 Å². The Bertz CT molecular complexity index is 665. The summed E-state index contributed by atoms with van der Waals surface area (Å²) in [4.78, 5) is 12.1. The van der Waals surface area contributed by atoms with E-state index >= 15 is 0 Å². The van der Waals surface area contributed by atoms with Crippen LogP contribution >= 0.6 is 43.2 Å². The zero-order chi connectivity index (χ0) is 18.2. The predicted octanol–water partition coefficient (Wildman–Crippen LogP) is 4.40. The van der Waals surface area contributed by atoms with Gasteiger partial charge >= 0.3 is 5.97 Å². The van der Waals surface area contributed by atoms with Crippen molar-refractivity contribution in [3.63, 3.8) is 0 Å². The van der Waals surface area contributed by atoms with Crippen LogP contribution in [-0.4, -0.2) is 36.4 Å². The Labute approximate surface area is 158 Å². The van der Waals surface area contributed by atoms with Crippen LogP contribution in [0.2, 0.25) is 0 Å². The van der Waals surface area contributed by atoms with Crippen molar-refractivity contribution < 1.29 is 17.9 Å². The third-order valence-electron chi connectivity index (χ3n) is 2.61. The van der Waals surface area contributed by atoms with Gasteiger partial charge in [-0.3, -0.25) is 4.79 Å². The maximum absolute atomic E-state index is 12.9. The van der Waals surface area contributed by atoms with Gasteiger partial charge in [0.2, 0.25) is 0 Å². The Hall–Kier alpha value is 0.0400. The van der Waals surface area contributed by atoms with Crippen LogP contribution in [0.15, 0.2) is 18.5 Å². The first-order valence-corrected chi connectivity index (χ1v) is 10.7. The molecule has 1 rings (SSSR count). The largest absolute Gasteiger partial charge is 0.459 e. The minimum absolute atomic E-state index is 0.162. The number of sulfonamides is 1. The summed E-state index contributed by atoms with van der Waals surface area (Å²) in [5.41, 5.74) is -1.43. The lowest BCUT2D eigenvalue weighted by Crippen LogP contribution is -2.48. The van der Waals surface area contributed by atoms with Gasteiger partial charge in [-0.2, -0.15) is 4.31 Å². The van der Waals surface area contributed by atoms with E-state index in [9.17, 15) is 13.2 Å². The summed E-state index contributed by atoms with van der Waals surface area (Å²) >= 11 is 7.68. The number of nitrogens with zero attached hydrogens (tertiary/aromatic N) is 1. The minimum atomic E-state index is -3.82. The molecule has 0 saturated heterocycles. The highest BCUT2D eigenvalue weighted by atomic mass is 79.9. The Morgan fingerprint density at radius 2 is 1.74 bits per heavy atom. The highest BCUT2D eigenvalue weighted by Crippen LogP contribution is 2.37. The van der Waals surface area contributed by atoms with Crippen LogP contribution in [0.1, 0.15) is 41.5 Å². The number of thiophene rings is 1. The summed E-state index contributed by atoms with van der Waals surface area (Å²) in [5.74, 6) is -0.578. The normalized spacial score (nSPS) is 13.4. The molecule has 1 heterocycles. The van der Waals surface area contributed by atoms with Crippen LogP contribution < -0.4 is 0 Å². The third kappa shape index (κ3) is 5.81. The van der Waals surface area contributed by atoms with E-state index in [4.69, 9.17) is 4.74 Å². The molecule has 1 aromatic heterocycles. The molecule has 0 amide bonds. The van der Waals surface area contributed by atoms with Crippen molar-refractivity contribution in [2.24, 2.45) is 0 Å². The lowest BCUT2D eigenvalue weighted by Gasteiger charge is -2.34. The number of rotatable bonds is 4. The number of hydrogen-bond acceptors (Lipinski definition) is 5. The predicted molar refractivity (Wildman–Crippen MR) is 99.2 cm³/mol. The van der Waals surface area contributed by atoms with Crippen LogP contribution in [0, 0.1) is 0 Å². The SMILES string of the molecule is CC(C)(C)OC(=O)CN(C(C)(C)C)S(=O)(=O)c1cc(Br)c(Br)s1. The topological polar surface area (TPSA) is 63.7 Å². The second-order valence-electron chi connectivity index (χ2n) is 6.96. The molecule has 0 N–H and O–H groups in total. The number of hydrogen-bond donors (Lipinski definition) is 0. The fraction of sp³-hybridized carbons (Fsp3) is 0.643. The molecule has 0 fully saturated rings. The number of carbonyl (C=O) groups excluding carboxylic acids is 1. The smallest absolute Gasteiger partial charge is 0.321 e. The molecular weight excluding hydrogens is 470 g/mol.